The summed E-state index contributed by atoms with van der Waals surface area (Å²) in [7, 11) is 0. The number of fused-ring (bicyclic) bond motifs is 3. The number of Topliss-reactive ketones (excluding diaryl/α,β-unsaturated/α-hetero) is 1. The topological polar surface area (TPSA) is 67.9 Å². The van der Waals surface area contributed by atoms with E-state index in [4.69, 9.17) is 0 Å². The molecule has 0 amide bonds. The molecule has 0 saturated carbocycles. The molecule has 4 nitrogen and oxygen atoms in total. The molecule has 7 heteroatoms. The lowest BCUT2D eigenvalue weighted by Crippen LogP contribution is -2.44. The van der Waals surface area contributed by atoms with Crippen LogP contribution in [0.2, 0.25) is 0 Å². The number of carbonyl (C=O) groups is 1. The Labute approximate surface area is 200 Å². The van der Waals surface area contributed by atoms with E-state index in [1.54, 1.807) is 59.5 Å². The van der Waals surface area contributed by atoms with E-state index in [1.807, 2.05) is 12.1 Å². The number of alkyl halides is 3. The molecule has 0 radical (unpaired) electrons. The van der Waals surface area contributed by atoms with Crippen LogP contribution in [0.3, 0.4) is 0 Å². The molecule has 0 bridgehead atoms. The molecule has 3 aromatic carbocycles. The zero-order valence-corrected chi connectivity index (χ0v) is 18.3. The van der Waals surface area contributed by atoms with E-state index in [1.165, 1.54) is 12.1 Å². The largest absolute Gasteiger partial charge is 0.416 e. The third kappa shape index (κ3) is 3.40. The van der Waals surface area contributed by atoms with Gasteiger partial charge < -0.3 is 4.90 Å². The van der Waals surface area contributed by atoms with Crippen LogP contribution in [0.15, 0.2) is 84.9 Å². The van der Waals surface area contributed by atoms with Crippen molar-refractivity contribution in [2.24, 2.45) is 5.41 Å². The van der Waals surface area contributed by atoms with Crippen molar-refractivity contribution in [1.29, 1.82) is 10.5 Å². The molecule has 2 heterocycles. The van der Waals surface area contributed by atoms with E-state index in [0.717, 1.165) is 17.7 Å². The van der Waals surface area contributed by atoms with Crippen LogP contribution in [0, 0.1) is 28.1 Å². The molecular weight excluding hydrogens is 451 g/mol. The molecule has 5 rings (SSSR count). The average molecular weight is 469 g/mol. The minimum absolute atomic E-state index is 0.123. The molecular formula is C28H18F3N3O. The summed E-state index contributed by atoms with van der Waals surface area (Å²) in [4.78, 5) is 15.7. The Balaban J connectivity index is 1.79. The van der Waals surface area contributed by atoms with E-state index < -0.39 is 35.2 Å². The van der Waals surface area contributed by atoms with Crippen LogP contribution in [-0.4, -0.2) is 17.9 Å². The Morgan fingerprint density at radius 3 is 2.29 bits per heavy atom. The Kier molecular flexibility index (Phi) is 5.22. The van der Waals surface area contributed by atoms with Gasteiger partial charge in [-0.3, -0.25) is 4.79 Å². The van der Waals surface area contributed by atoms with Crippen molar-refractivity contribution in [2.45, 2.75) is 24.2 Å². The van der Waals surface area contributed by atoms with Crippen LogP contribution >= 0.6 is 0 Å². The maximum absolute atomic E-state index is 14.0. The van der Waals surface area contributed by atoms with Crippen molar-refractivity contribution >= 4 is 17.5 Å². The van der Waals surface area contributed by atoms with Gasteiger partial charge in [-0.2, -0.15) is 23.7 Å². The summed E-state index contributed by atoms with van der Waals surface area (Å²) in [5.41, 5.74) is -0.776. The summed E-state index contributed by atoms with van der Waals surface area (Å²) in [5.74, 6) is -1.50. The first-order valence-electron chi connectivity index (χ1n) is 11.0. The molecule has 35 heavy (non-hydrogen) atoms. The zero-order chi connectivity index (χ0) is 24.8. The molecule has 0 unspecified atom stereocenters. The molecule has 0 spiro atoms. The van der Waals surface area contributed by atoms with Crippen LogP contribution in [0.1, 0.15) is 33.0 Å². The fraction of sp³-hybridized carbons (Fsp3) is 0.179. The summed E-state index contributed by atoms with van der Waals surface area (Å²) in [6.45, 7) is 0. The van der Waals surface area contributed by atoms with Crippen LogP contribution in [-0.2, 0) is 6.18 Å². The van der Waals surface area contributed by atoms with Crippen molar-refractivity contribution in [3.05, 3.63) is 107 Å². The van der Waals surface area contributed by atoms with Gasteiger partial charge in [0.05, 0.1) is 23.7 Å². The minimum Gasteiger partial charge on any atom is -0.351 e. The van der Waals surface area contributed by atoms with Gasteiger partial charge in [0.15, 0.2) is 11.2 Å². The molecule has 1 fully saturated rings. The SMILES string of the molecule is N#CC1(C#N)[C@H](c2cccc(C(F)(F)F)c2)[C@@H](C(=O)c2ccccc2)N2c3ccccc3C=C[C@@H]21. The quantitative estimate of drug-likeness (QED) is 0.442. The number of carbonyl (C=O) groups excluding carboxylic acids is 1. The molecule has 0 aromatic heterocycles. The van der Waals surface area contributed by atoms with Gasteiger partial charge in [-0.25, -0.2) is 0 Å². The van der Waals surface area contributed by atoms with Gasteiger partial charge in [0.2, 0.25) is 0 Å². The van der Waals surface area contributed by atoms with Crippen molar-refractivity contribution in [3.8, 4) is 12.1 Å². The summed E-state index contributed by atoms with van der Waals surface area (Å²) < 4.78 is 40.8. The van der Waals surface area contributed by atoms with Gasteiger partial charge in [-0.1, -0.05) is 78.9 Å². The molecule has 3 atom stereocenters. The van der Waals surface area contributed by atoms with Gasteiger partial charge in [0.1, 0.15) is 6.04 Å². The zero-order valence-electron chi connectivity index (χ0n) is 18.3. The summed E-state index contributed by atoms with van der Waals surface area (Å²) >= 11 is 0. The number of halogens is 3. The van der Waals surface area contributed by atoms with Gasteiger partial charge in [0.25, 0.3) is 0 Å². The number of hydrogen-bond acceptors (Lipinski definition) is 4. The Hall–Kier alpha value is -4.36. The van der Waals surface area contributed by atoms with Gasteiger partial charge in [-0.05, 0) is 23.3 Å². The highest BCUT2D eigenvalue weighted by Gasteiger charge is 2.63. The van der Waals surface area contributed by atoms with E-state index in [9.17, 15) is 28.5 Å². The summed E-state index contributed by atoms with van der Waals surface area (Å²) in [5, 5.41) is 20.7. The number of ketones is 1. The third-order valence-electron chi connectivity index (χ3n) is 6.82. The highest BCUT2D eigenvalue weighted by Crippen LogP contribution is 2.55. The number of rotatable bonds is 3. The van der Waals surface area contributed by atoms with E-state index in [2.05, 4.69) is 12.1 Å². The molecule has 1 saturated heterocycles. The van der Waals surface area contributed by atoms with Gasteiger partial charge in [-0.15, -0.1) is 0 Å². The average Bonchev–Trinajstić information content (AvgIpc) is 3.19. The second-order valence-corrected chi connectivity index (χ2v) is 8.64. The second kappa shape index (κ2) is 8.14. The number of anilines is 1. The molecule has 3 aromatic rings. The smallest absolute Gasteiger partial charge is 0.351 e. The van der Waals surface area contributed by atoms with Crippen LogP contribution in [0.4, 0.5) is 18.9 Å². The first kappa shape index (κ1) is 22.4. The summed E-state index contributed by atoms with van der Waals surface area (Å²) in [6.07, 6.45) is -1.12. The summed E-state index contributed by atoms with van der Waals surface area (Å²) in [6, 6.07) is 22.6. The number of hydrogen-bond donors (Lipinski definition) is 0. The maximum Gasteiger partial charge on any atom is 0.416 e. The Morgan fingerprint density at radius 2 is 1.60 bits per heavy atom. The lowest BCUT2D eigenvalue weighted by Gasteiger charge is -2.35. The second-order valence-electron chi connectivity index (χ2n) is 8.64. The highest BCUT2D eigenvalue weighted by atomic mass is 19.4. The monoisotopic (exact) mass is 469 g/mol. The predicted octanol–water partition coefficient (Wildman–Crippen LogP) is 5.99. The number of nitriles is 2. The molecule has 0 N–H and O–H groups in total. The number of nitrogens with zero attached hydrogens (tertiary/aromatic N) is 3. The van der Waals surface area contributed by atoms with Crippen LogP contribution < -0.4 is 4.90 Å². The van der Waals surface area contributed by atoms with Crippen molar-refractivity contribution in [3.63, 3.8) is 0 Å². The van der Waals surface area contributed by atoms with Crippen molar-refractivity contribution in [2.75, 3.05) is 4.90 Å². The van der Waals surface area contributed by atoms with Crippen molar-refractivity contribution in [1.82, 2.24) is 0 Å². The number of para-hydroxylation sites is 1. The van der Waals surface area contributed by atoms with E-state index in [-0.39, 0.29) is 11.3 Å². The lowest BCUT2D eigenvalue weighted by molar-refractivity contribution is -0.137. The van der Waals surface area contributed by atoms with E-state index >= 15 is 0 Å². The van der Waals surface area contributed by atoms with Crippen molar-refractivity contribution < 1.29 is 18.0 Å². The Morgan fingerprint density at radius 1 is 0.914 bits per heavy atom. The van der Waals surface area contributed by atoms with Crippen LogP contribution in [0.5, 0.6) is 0 Å². The van der Waals surface area contributed by atoms with Gasteiger partial charge in [0, 0.05) is 17.2 Å². The maximum atomic E-state index is 14.0. The molecule has 172 valence electrons. The molecule has 2 aliphatic rings. The fourth-order valence-corrected chi connectivity index (χ4v) is 5.29. The van der Waals surface area contributed by atoms with E-state index in [0.29, 0.717) is 11.3 Å². The highest BCUT2D eigenvalue weighted by molar-refractivity contribution is 6.04. The van der Waals surface area contributed by atoms with Gasteiger partial charge >= 0.3 is 6.18 Å². The number of benzene rings is 3. The first-order valence-corrected chi connectivity index (χ1v) is 11.0. The fourth-order valence-electron chi connectivity index (χ4n) is 5.29. The predicted molar refractivity (Wildman–Crippen MR) is 124 cm³/mol. The first-order chi connectivity index (χ1) is 16.8. The van der Waals surface area contributed by atoms with Crippen LogP contribution in [0.25, 0.3) is 6.08 Å². The Bertz CT molecular complexity index is 1400. The standard InChI is InChI=1S/C28H18F3N3O/c29-28(30,31)21-11-6-10-20(15-21)24-25(26(35)19-8-2-1-3-9-19)34-22-12-5-4-7-18(22)13-14-23(34)27(24,16-32)17-33/h1-15,23-25H/t23-,24-,25+/m1/s1. The normalized spacial score (nSPS) is 22.0. The molecule has 0 aliphatic carbocycles. The third-order valence-corrected chi connectivity index (χ3v) is 6.82. The minimum atomic E-state index is -4.62. The molecule has 2 aliphatic heterocycles. The lowest BCUT2D eigenvalue weighted by atomic mass is 9.69.